The highest BCUT2D eigenvalue weighted by Gasteiger charge is 2.31. The SMILES string of the molecule is CCn1nc(C(=O)N2CCCCC2)c2c1CC[C@H](NCc1ccco1)C2. The van der Waals surface area contributed by atoms with Crippen molar-refractivity contribution in [2.75, 3.05) is 13.1 Å². The van der Waals surface area contributed by atoms with Crippen molar-refractivity contribution in [3.05, 3.63) is 41.1 Å². The molecule has 140 valence electrons. The van der Waals surface area contributed by atoms with Crippen LogP contribution in [0.4, 0.5) is 0 Å². The predicted octanol–water partition coefficient (Wildman–Crippen LogP) is 2.77. The Balaban J connectivity index is 1.51. The molecule has 6 heteroatoms. The third-order valence-electron chi connectivity index (χ3n) is 5.64. The highest BCUT2D eigenvalue weighted by molar-refractivity contribution is 5.94. The number of carbonyl (C=O) groups excluding carboxylic acids is 1. The number of nitrogens with one attached hydrogen (secondary N) is 1. The number of carbonyl (C=O) groups is 1. The minimum Gasteiger partial charge on any atom is -0.468 e. The van der Waals surface area contributed by atoms with Gasteiger partial charge in [-0.25, -0.2) is 0 Å². The quantitative estimate of drug-likeness (QED) is 0.895. The van der Waals surface area contributed by atoms with Crippen molar-refractivity contribution in [2.24, 2.45) is 0 Å². The molecule has 1 atom stereocenters. The number of aromatic nitrogens is 2. The Labute approximate surface area is 154 Å². The normalized spacial score (nSPS) is 20.2. The van der Waals surface area contributed by atoms with E-state index in [4.69, 9.17) is 9.52 Å². The van der Waals surface area contributed by atoms with Crippen LogP contribution in [-0.4, -0.2) is 39.7 Å². The summed E-state index contributed by atoms with van der Waals surface area (Å²) in [4.78, 5) is 15.1. The smallest absolute Gasteiger partial charge is 0.274 e. The minimum atomic E-state index is 0.125. The van der Waals surface area contributed by atoms with Gasteiger partial charge >= 0.3 is 0 Å². The zero-order valence-electron chi connectivity index (χ0n) is 15.5. The topological polar surface area (TPSA) is 63.3 Å². The molecule has 1 aliphatic carbocycles. The van der Waals surface area contributed by atoms with Crippen LogP contribution in [0.15, 0.2) is 22.8 Å². The molecule has 1 aliphatic heterocycles. The minimum absolute atomic E-state index is 0.125. The molecule has 1 N–H and O–H groups in total. The Kier molecular flexibility index (Phi) is 5.11. The molecule has 26 heavy (non-hydrogen) atoms. The molecule has 0 radical (unpaired) electrons. The highest BCUT2D eigenvalue weighted by Crippen LogP contribution is 2.27. The van der Waals surface area contributed by atoms with Crippen molar-refractivity contribution in [2.45, 2.75) is 64.6 Å². The molecule has 0 saturated carbocycles. The zero-order valence-corrected chi connectivity index (χ0v) is 15.5. The number of piperidine rings is 1. The lowest BCUT2D eigenvalue weighted by molar-refractivity contribution is 0.0716. The van der Waals surface area contributed by atoms with Crippen molar-refractivity contribution in [1.82, 2.24) is 20.0 Å². The third kappa shape index (κ3) is 3.43. The first-order valence-electron chi connectivity index (χ1n) is 9.90. The molecule has 4 rings (SSSR count). The van der Waals surface area contributed by atoms with E-state index in [0.29, 0.717) is 11.7 Å². The average Bonchev–Trinajstić information content (AvgIpc) is 3.34. The molecule has 2 aliphatic rings. The summed E-state index contributed by atoms with van der Waals surface area (Å²) in [5.41, 5.74) is 3.10. The molecule has 1 fully saturated rings. The van der Waals surface area contributed by atoms with Crippen LogP contribution in [0.5, 0.6) is 0 Å². The zero-order chi connectivity index (χ0) is 17.9. The maximum absolute atomic E-state index is 13.1. The lowest BCUT2D eigenvalue weighted by Gasteiger charge is -2.27. The fourth-order valence-corrected chi connectivity index (χ4v) is 4.20. The fraction of sp³-hybridized carbons (Fsp3) is 0.600. The van der Waals surface area contributed by atoms with Crippen LogP contribution < -0.4 is 5.32 Å². The van der Waals surface area contributed by atoms with Gasteiger partial charge in [-0.2, -0.15) is 5.10 Å². The second-order valence-electron chi connectivity index (χ2n) is 7.34. The maximum Gasteiger partial charge on any atom is 0.274 e. The highest BCUT2D eigenvalue weighted by atomic mass is 16.3. The van der Waals surface area contributed by atoms with Crippen LogP contribution in [0.2, 0.25) is 0 Å². The monoisotopic (exact) mass is 356 g/mol. The lowest BCUT2D eigenvalue weighted by atomic mass is 9.91. The molecular formula is C20H28N4O2. The van der Waals surface area contributed by atoms with E-state index in [1.165, 1.54) is 12.1 Å². The van der Waals surface area contributed by atoms with E-state index < -0.39 is 0 Å². The van der Waals surface area contributed by atoms with Gasteiger partial charge in [0.15, 0.2) is 5.69 Å². The van der Waals surface area contributed by atoms with E-state index in [0.717, 1.165) is 69.6 Å². The van der Waals surface area contributed by atoms with Crippen molar-refractivity contribution >= 4 is 5.91 Å². The summed E-state index contributed by atoms with van der Waals surface area (Å²) in [6.07, 6.45) is 8.05. The van der Waals surface area contributed by atoms with Crippen LogP contribution in [0, 0.1) is 0 Å². The van der Waals surface area contributed by atoms with E-state index in [1.54, 1.807) is 6.26 Å². The van der Waals surface area contributed by atoms with Gasteiger partial charge in [0.2, 0.25) is 0 Å². The first-order valence-corrected chi connectivity index (χ1v) is 9.90. The third-order valence-corrected chi connectivity index (χ3v) is 5.64. The molecule has 0 aromatic carbocycles. The second-order valence-corrected chi connectivity index (χ2v) is 7.34. The van der Waals surface area contributed by atoms with Crippen LogP contribution in [0.1, 0.15) is 60.1 Å². The van der Waals surface area contributed by atoms with Crippen molar-refractivity contribution < 1.29 is 9.21 Å². The first kappa shape index (κ1) is 17.3. The Morgan fingerprint density at radius 1 is 1.35 bits per heavy atom. The predicted molar refractivity (Wildman–Crippen MR) is 99.0 cm³/mol. The van der Waals surface area contributed by atoms with E-state index in [9.17, 15) is 4.79 Å². The molecular weight excluding hydrogens is 328 g/mol. The Bertz CT molecular complexity index is 744. The molecule has 0 bridgehead atoms. The van der Waals surface area contributed by atoms with E-state index in [-0.39, 0.29) is 5.91 Å². The summed E-state index contributed by atoms with van der Waals surface area (Å²) >= 11 is 0. The van der Waals surface area contributed by atoms with Crippen LogP contribution in [0.25, 0.3) is 0 Å². The van der Waals surface area contributed by atoms with Gasteiger partial charge in [-0.05, 0) is 57.6 Å². The largest absolute Gasteiger partial charge is 0.468 e. The standard InChI is InChI=1S/C20H28N4O2/c1-2-24-18-9-8-15(21-14-16-7-6-12-26-16)13-17(18)19(22-24)20(25)23-10-4-3-5-11-23/h6-7,12,15,21H,2-5,8-11,13-14H2,1H3/t15-/m0/s1. The summed E-state index contributed by atoms with van der Waals surface area (Å²) in [6.45, 7) is 5.38. The van der Waals surface area contributed by atoms with Crippen LogP contribution in [0.3, 0.4) is 0 Å². The van der Waals surface area contributed by atoms with Crippen LogP contribution in [-0.2, 0) is 25.9 Å². The summed E-state index contributed by atoms with van der Waals surface area (Å²) in [6, 6.07) is 4.26. The number of fused-ring (bicyclic) bond motifs is 1. The summed E-state index contributed by atoms with van der Waals surface area (Å²) < 4.78 is 7.45. The molecule has 3 heterocycles. The Hall–Kier alpha value is -2.08. The van der Waals surface area contributed by atoms with E-state index >= 15 is 0 Å². The van der Waals surface area contributed by atoms with Crippen LogP contribution >= 0.6 is 0 Å². The number of aryl methyl sites for hydroxylation is 1. The van der Waals surface area contributed by atoms with Gasteiger partial charge in [-0.3, -0.25) is 9.48 Å². The molecule has 0 spiro atoms. The Morgan fingerprint density at radius 2 is 2.19 bits per heavy atom. The van der Waals surface area contributed by atoms with Gasteiger partial charge in [0.05, 0.1) is 12.8 Å². The maximum atomic E-state index is 13.1. The number of hydrogen-bond donors (Lipinski definition) is 1. The molecule has 0 unspecified atom stereocenters. The Morgan fingerprint density at radius 3 is 2.92 bits per heavy atom. The number of furan rings is 1. The number of amides is 1. The molecule has 1 amide bonds. The molecule has 6 nitrogen and oxygen atoms in total. The average molecular weight is 356 g/mol. The molecule has 2 aromatic rings. The van der Waals surface area contributed by atoms with Crippen molar-refractivity contribution in [3.8, 4) is 0 Å². The van der Waals surface area contributed by atoms with Gasteiger partial charge in [-0.15, -0.1) is 0 Å². The van der Waals surface area contributed by atoms with Gasteiger partial charge < -0.3 is 14.6 Å². The summed E-state index contributed by atoms with van der Waals surface area (Å²) in [5, 5.41) is 8.29. The van der Waals surface area contributed by atoms with Gasteiger partial charge in [0.25, 0.3) is 5.91 Å². The van der Waals surface area contributed by atoms with E-state index in [2.05, 4.69) is 12.2 Å². The summed E-state index contributed by atoms with van der Waals surface area (Å²) in [5.74, 6) is 1.07. The van der Waals surface area contributed by atoms with Gasteiger partial charge in [0.1, 0.15) is 5.76 Å². The fourth-order valence-electron chi connectivity index (χ4n) is 4.20. The number of rotatable bonds is 5. The first-order chi connectivity index (χ1) is 12.8. The number of nitrogens with zero attached hydrogens (tertiary/aromatic N) is 3. The summed E-state index contributed by atoms with van der Waals surface area (Å²) in [7, 11) is 0. The van der Waals surface area contributed by atoms with Crippen molar-refractivity contribution in [3.63, 3.8) is 0 Å². The van der Waals surface area contributed by atoms with E-state index in [1.807, 2.05) is 21.7 Å². The second kappa shape index (κ2) is 7.66. The molecule has 1 saturated heterocycles. The number of hydrogen-bond acceptors (Lipinski definition) is 4. The number of likely N-dealkylation sites (tertiary alicyclic amines) is 1. The van der Waals surface area contributed by atoms with Crippen molar-refractivity contribution in [1.29, 1.82) is 0 Å². The van der Waals surface area contributed by atoms with Gasteiger partial charge in [-0.1, -0.05) is 0 Å². The van der Waals surface area contributed by atoms with Gasteiger partial charge in [0, 0.05) is 36.9 Å². The molecule has 2 aromatic heterocycles. The lowest BCUT2D eigenvalue weighted by Crippen LogP contribution is -2.38.